The first kappa shape index (κ1) is 13.6. The molecule has 2 unspecified atom stereocenters. The molecule has 0 spiro atoms. The predicted molar refractivity (Wildman–Crippen MR) is 67.6 cm³/mol. The largest absolute Gasteiger partial charge is 0.487 e. The number of hydrogen-bond donors (Lipinski definition) is 0. The van der Waals surface area contributed by atoms with Gasteiger partial charge in [0.05, 0.1) is 24.8 Å². The van der Waals surface area contributed by atoms with Crippen molar-refractivity contribution in [2.45, 2.75) is 39.2 Å². The van der Waals surface area contributed by atoms with E-state index in [1.54, 1.807) is 0 Å². The summed E-state index contributed by atoms with van der Waals surface area (Å²) in [6.07, 6.45) is 1.09. The molecule has 0 radical (unpaired) electrons. The zero-order chi connectivity index (χ0) is 14.2. The smallest absolute Gasteiger partial charge is 0.201 e. The maximum Gasteiger partial charge on any atom is 0.201 e. The number of nitriles is 1. The van der Waals surface area contributed by atoms with Crippen molar-refractivity contribution in [3.05, 3.63) is 17.7 Å². The highest BCUT2D eigenvalue weighted by atomic mass is 19.1. The van der Waals surface area contributed by atoms with Crippen LogP contribution >= 0.6 is 0 Å². The van der Waals surface area contributed by atoms with E-state index in [1.807, 2.05) is 27.7 Å². The van der Waals surface area contributed by atoms with Crippen LogP contribution in [0.4, 0.5) is 4.39 Å². The molecule has 2 rings (SSSR count). The van der Waals surface area contributed by atoms with Crippen molar-refractivity contribution in [2.24, 2.45) is 5.92 Å². The van der Waals surface area contributed by atoms with Crippen molar-refractivity contribution in [3.63, 3.8) is 0 Å². The summed E-state index contributed by atoms with van der Waals surface area (Å²) in [6.45, 7) is 7.74. The van der Waals surface area contributed by atoms with Crippen LogP contribution in [0.15, 0.2) is 6.20 Å². The van der Waals surface area contributed by atoms with Crippen molar-refractivity contribution in [3.8, 4) is 17.6 Å². The molecule has 0 fully saturated rings. The minimum Gasteiger partial charge on any atom is -0.487 e. The fraction of sp³-hybridized carbons (Fsp3) is 0.571. The summed E-state index contributed by atoms with van der Waals surface area (Å²) in [7, 11) is 0. The molecule has 1 aromatic rings. The molecule has 102 valence electrons. The van der Waals surface area contributed by atoms with E-state index in [4.69, 9.17) is 9.47 Å². The van der Waals surface area contributed by atoms with Gasteiger partial charge in [0.25, 0.3) is 0 Å². The van der Waals surface area contributed by atoms with Crippen molar-refractivity contribution in [2.75, 3.05) is 6.61 Å². The van der Waals surface area contributed by atoms with Crippen LogP contribution in [0, 0.1) is 23.1 Å². The van der Waals surface area contributed by atoms with Crippen LogP contribution < -0.4 is 9.47 Å². The quantitative estimate of drug-likeness (QED) is 0.782. The normalized spacial score (nSPS) is 22.1. The van der Waals surface area contributed by atoms with Crippen molar-refractivity contribution in [1.82, 2.24) is 4.98 Å². The Morgan fingerprint density at radius 2 is 2.21 bits per heavy atom. The summed E-state index contributed by atoms with van der Waals surface area (Å²) < 4.78 is 25.0. The van der Waals surface area contributed by atoms with Crippen LogP contribution in [0.3, 0.4) is 0 Å². The molecular formula is C14H17FN2O2. The number of rotatable bonds is 1. The Labute approximate surface area is 112 Å². The molecule has 1 aliphatic heterocycles. The van der Waals surface area contributed by atoms with Gasteiger partial charge in [0.1, 0.15) is 11.3 Å². The highest BCUT2D eigenvalue weighted by Crippen LogP contribution is 2.43. The van der Waals surface area contributed by atoms with Gasteiger partial charge in [-0.3, -0.25) is 4.98 Å². The van der Waals surface area contributed by atoms with Gasteiger partial charge in [0.15, 0.2) is 11.6 Å². The van der Waals surface area contributed by atoms with Crippen molar-refractivity contribution >= 4 is 0 Å². The third kappa shape index (κ3) is 2.62. The molecule has 0 amide bonds. The number of hydrogen-bond acceptors (Lipinski definition) is 4. The molecule has 0 saturated carbocycles. The van der Waals surface area contributed by atoms with Gasteiger partial charge >= 0.3 is 0 Å². The standard InChI is InChI=1S/C14H17FN2O2/c1-8-7-18-13-11(9(8)5-16)17-6-10(15)12(13)19-14(2,3)4/h6,8-9H,7H2,1-4H3. The SMILES string of the molecule is CC1COc2c(ncc(F)c2OC(C)(C)C)C1C#N. The second kappa shape index (κ2) is 4.69. The maximum atomic E-state index is 13.9. The van der Waals surface area contributed by atoms with E-state index in [2.05, 4.69) is 11.1 Å². The first-order valence-corrected chi connectivity index (χ1v) is 6.23. The van der Waals surface area contributed by atoms with Crippen molar-refractivity contribution < 1.29 is 13.9 Å². The second-order valence-electron chi connectivity index (χ2n) is 5.76. The van der Waals surface area contributed by atoms with Crippen LogP contribution in [0.5, 0.6) is 11.5 Å². The Kier molecular flexibility index (Phi) is 3.36. The Morgan fingerprint density at radius 1 is 1.53 bits per heavy atom. The molecule has 5 heteroatoms. The van der Waals surface area contributed by atoms with Gasteiger partial charge in [-0.2, -0.15) is 5.26 Å². The summed E-state index contributed by atoms with van der Waals surface area (Å²) in [6, 6.07) is 2.20. The van der Waals surface area contributed by atoms with E-state index in [1.165, 1.54) is 0 Å². The lowest BCUT2D eigenvalue weighted by Crippen LogP contribution is -2.28. The summed E-state index contributed by atoms with van der Waals surface area (Å²) in [5.74, 6) is -0.631. The zero-order valence-electron chi connectivity index (χ0n) is 11.5. The number of ether oxygens (including phenoxy) is 2. The summed E-state index contributed by atoms with van der Waals surface area (Å²) in [5.41, 5.74) is -0.0910. The molecule has 1 aromatic heterocycles. The Bertz CT molecular complexity index is 531. The third-order valence-corrected chi connectivity index (χ3v) is 2.87. The number of pyridine rings is 1. The van der Waals surface area contributed by atoms with Gasteiger partial charge in [-0.05, 0) is 20.8 Å². The summed E-state index contributed by atoms with van der Waals surface area (Å²) >= 11 is 0. The van der Waals surface area contributed by atoms with E-state index in [0.717, 1.165) is 6.20 Å². The monoisotopic (exact) mass is 264 g/mol. The molecule has 4 nitrogen and oxygen atoms in total. The lowest BCUT2D eigenvalue weighted by molar-refractivity contribution is 0.110. The van der Waals surface area contributed by atoms with Crippen LogP contribution in [0.1, 0.15) is 39.3 Å². The highest BCUT2D eigenvalue weighted by Gasteiger charge is 2.34. The van der Waals surface area contributed by atoms with Crippen LogP contribution in [-0.2, 0) is 0 Å². The first-order chi connectivity index (χ1) is 8.83. The van der Waals surface area contributed by atoms with Crippen molar-refractivity contribution in [1.29, 1.82) is 5.26 Å². The highest BCUT2D eigenvalue weighted by molar-refractivity contribution is 5.48. The van der Waals surface area contributed by atoms with Gasteiger partial charge < -0.3 is 9.47 Å². The lowest BCUT2D eigenvalue weighted by atomic mass is 9.90. The fourth-order valence-corrected chi connectivity index (χ4v) is 2.00. The average Bonchev–Trinajstić information content (AvgIpc) is 2.31. The molecule has 19 heavy (non-hydrogen) atoms. The predicted octanol–water partition coefficient (Wildman–Crippen LogP) is 3.03. The van der Waals surface area contributed by atoms with E-state index in [-0.39, 0.29) is 17.4 Å². The zero-order valence-corrected chi connectivity index (χ0v) is 11.5. The average molecular weight is 264 g/mol. The Morgan fingerprint density at radius 3 is 2.79 bits per heavy atom. The Hall–Kier alpha value is -1.83. The fourth-order valence-electron chi connectivity index (χ4n) is 2.00. The van der Waals surface area contributed by atoms with Gasteiger partial charge in [0, 0.05) is 5.92 Å². The van der Waals surface area contributed by atoms with Crippen LogP contribution in [-0.4, -0.2) is 17.2 Å². The summed E-state index contributed by atoms with van der Waals surface area (Å²) in [4.78, 5) is 4.01. The van der Waals surface area contributed by atoms with Crippen LogP contribution in [0.2, 0.25) is 0 Å². The molecule has 0 aromatic carbocycles. The van der Waals surface area contributed by atoms with Gasteiger partial charge in [-0.15, -0.1) is 0 Å². The minimum atomic E-state index is -0.570. The number of fused-ring (bicyclic) bond motifs is 1. The Balaban J connectivity index is 2.52. The number of aromatic nitrogens is 1. The number of halogens is 1. The molecular weight excluding hydrogens is 247 g/mol. The third-order valence-electron chi connectivity index (χ3n) is 2.87. The van der Waals surface area contributed by atoms with Gasteiger partial charge in [-0.25, -0.2) is 4.39 Å². The molecule has 0 N–H and O–H groups in total. The summed E-state index contributed by atoms with van der Waals surface area (Å²) in [5, 5.41) is 9.22. The molecule has 2 heterocycles. The molecule has 1 aliphatic rings. The van der Waals surface area contributed by atoms with Crippen LogP contribution in [0.25, 0.3) is 0 Å². The van der Waals surface area contributed by atoms with E-state index >= 15 is 0 Å². The van der Waals surface area contributed by atoms with Gasteiger partial charge in [0.2, 0.25) is 5.75 Å². The molecule has 0 aliphatic carbocycles. The topological polar surface area (TPSA) is 55.1 Å². The molecule has 2 atom stereocenters. The van der Waals surface area contributed by atoms with E-state index < -0.39 is 17.3 Å². The van der Waals surface area contributed by atoms with Gasteiger partial charge in [-0.1, -0.05) is 6.92 Å². The molecule has 0 saturated heterocycles. The van der Waals surface area contributed by atoms with E-state index in [0.29, 0.717) is 12.3 Å². The lowest BCUT2D eigenvalue weighted by Gasteiger charge is -2.30. The molecule has 0 bridgehead atoms. The second-order valence-corrected chi connectivity index (χ2v) is 5.76. The van der Waals surface area contributed by atoms with E-state index in [9.17, 15) is 9.65 Å². The minimum absolute atomic E-state index is 0.0259. The first-order valence-electron chi connectivity index (χ1n) is 6.23. The number of nitrogens with zero attached hydrogens (tertiary/aromatic N) is 2. The maximum absolute atomic E-state index is 13.9.